The van der Waals surface area contributed by atoms with Crippen LogP contribution < -0.4 is 0 Å². The second kappa shape index (κ2) is 6.46. The van der Waals surface area contributed by atoms with Crippen LogP contribution >= 0.6 is 0 Å². The lowest BCUT2D eigenvalue weighted by Gasteiger charge is -2.18. The number of amides is 1. The van der Waals surface area contributed by atoms with Gasteiger partial charge in [-0.15, -0.1) is 0 Å². The van der Waals surface area contributed by atoms with Crippen LogP contribution in [0, 0.1) is 5.82 Å². The predicted octanol–water partition coefficient (Wildman–Crippen LogP) is 3.17. The van der Waals surface area contributed by atoms with E-state index in [1.807, 2.05) is 26.0 Å². The number of aryl methyl sites for hydroxylation is 1. The van der Waals surface area contributed by atoms with Gasteiger partial charge in [-0.1, -0.05) is 6.07 Å². The second-order valence-electron chi connectivity index (χ2n) is 4.71. The molecule has 20 heavy (non-hydrogen) atoms. The molecular formula is C16H19FN2O. The Bertz CT molecular complexity index is 608. The molecule has 106 valence electrons. The van der Waals surface area contributed by atoms with Gasteiger partial charge in [-0.25, -0.2) is 4.39 Å². The Morgan fingerprint density at radius 1 is 1.20 bits per heavy atom. The van der Waals surface area contributed by atoms with E-state index in [0.717, 1.165) is 24.2 Å². The summed E-state index contributed by atoms with van der Waals surface area (Å²) in [7, 11) is 0. The standard InChI is InChI=1S/C16H19FN2O/c1-3-19(4-2)16(20)10-9-14-8-6-12-5-7-13(17)11-15(12)18-14/h5-8,11H,3-4,9-10H2,1-2H3. The van der Waals surface area contributed by atoms with Gasteiger partial charge in [0.25, 0.3) is 0 Å². The van der Waals surface area contributed by atoms with E-state index in [-0.39, 0.29) is 11.7 Å². The fourth-order valence-electron chi connectivity index (χ4n) is 2.24. The van der Waals surface area contributed by atoms with Crippen LogP contribution in [0.2, 0.25) is 0 Å². The van der Waals surface area contributed by atoms with E-state index < -0.39 is 0 Å². The Hall–Kier alpha value is -1.97. The van der Waals surface area contributed by atoms with E-state index in [9.17, 15) is 9.18 Å². The van der Waals surface area contributed by atoms with E-state index in [2.05, 4.69) is 4.98 Å². The molecule has 0 aliphatic rings. The molecule has 1 heterocycles. The lowest BCUT2D eigenvalue weighted by molar-refractivity contribution is -0.130. The van der Waals surface area contributed by atoms with Crippen molar-refractivity contribution in [1.82, 2.24) is 9.88 Å². The van der Waals surface area contributed by atoms with Crippen molar-refractivity contribution in [2.75, 3.05) is 13.1 Å². The van der Waals surface area contributed by atoms with Crippen molar-refractivity contribution in [2.45, 2.75) is 26.7 Å². The number of carbonyl (C=O) groups excluding carboxylic acids is 1. The van der Waals surface area contributed by atoms with Crippen LogP contribution in [0.15, 0.2) is 30.3 Å². The minimum absolute atomic E-state index is 0.135. The zero-order chi connectivity index (χ0) is 14.5. The molecule has 1 amide bonds. The van der Waals surface area contributed by atoms with Crippen LogP contribution in [0.25, 0.3) is 10.9 Å². The highest BCUT2D eigenvalue weighted by Gasteiger charge is 2.10. The van der Waals surface area contributed by atoms with Crippen LogP contribution in [-0.4, -0.2) is 28.9 Å². The topological polar surface area (TPSA) is 33.2 Å². The van der Waals surface area contributed by atoms with Crippen molar-refractivity contribution in [1.29, 1.82) is 0 Å². The van der Waals surface area contributed by atoms with Crippen LogP contribution in [0.5, 0.6) is 0 Å². The first-order valence-electron chi connectivity index (χ1n) is 6.97. The van der Waals surface area contributed by atoms with Crippen molar-refractivity contribution < 1.29 is 9.18 Å². The molecule has 0 saturated carbocycles. The molecular weight excluding hydrogens is 255 g/mol. The van der Waals surface area contributed by atoms with Crippen molar-refractivity contribution in [2.24, 2.45) is 0 Å². The van der Waals surface area contributed by atoms with Crippen LogP contribution in [0.1, 0.15) is 26.0 Å². The maximum atomic E-state index is 13.2. The molecule has 0 radical (unpaired) electrons. The molecule has 0 spiro atoms. The van der Waals surface area contributed by atoms with Gasteiger partial charge in [0.05, 0.1) is 5.52 Å². The number of fused-ring (bicyclic) bond motifs is 1. The summed E-state index contributed by atoms with van der Waals surface area (Å²) >= 11 is 0. The first-order chi connectivity index (χ1) is 9.63. The van der Waals surface area contributed by atoms with E-state index >= 15 is 0 Å². The molecule has 0 saturated heterocycles. The van der Waals surface area contributed by atoms with E-state index in [1.54, 1.807) is 11.0 Å². The van der Waals surface area contributed by atoms with Crippen molar-refractivity contribution in [3.8, 4) is 0 Å². The minimum atomic E-state index is -0.290. The Morgan fingerprint density at radius 3 is 2.60 bits per heavy atom. The largest absolute Gasteiger partial charge is 0.343 e. The quantitative estimate of drug-likeness (QED) is 0.839. The van der Waals surface area contributed by atoms with Gasteiger partial charge in [-0.2, -0.15) is 0 Å². The number of rotatable bonds is 5. The minimum Gasteiger partial charge on any atom is -0.343 e. The molecule has 0 bridgehead atoms. The third-order valence-electron chi connectivity index (χ3n) is 3.42. The first-order valence-corrected chi connectivity index (χ1v) is 6.97. The summed E-state index contributed by atoms with van der Waals surface area (Å²) in [5, 5.41) is 0.908. The van der Waals surface area contributed by atoms with Gasteiger partial charge in [0.15, 0.2) is 0 Å². The fraction of sp³-hybridized carbons (Fsp3) is 0.375. The van der Waals surface area contributed by atoms with Gasteiger partial charge >= 0.3 is 0 Å². The molecule has 0 fully saturated rings. The lowest BCUT2D eigenvalue weighted by Crippen LogP contribution is -2.30. The Labute approximate surface area is 118 Å². The number of carbonyl (C=O) groups is 1. The molecule has 1 aromatic carbocycles. The number of nitrogens with zero attached hydrogens (tertiary/aromatic N) is 2. The third kappa shape index (κ3) is 3.32. The van der Waals surface area contributed by atoms with E-state index in [4.69, 9.17) is 0 Å². The smallest absolute Gasteiger partial charge is 0.222 e. The van der Waals surface area contributed by atoms with Crippen molar-refractivity contribution in [3.63, 3.8) is 0 Å². The number of halogens is 1. The van der Waals surface area contributed by atoms with Gasteiger partial charge < -0.3 is 4.90 Å². The number of pyridine rings is 1. The molecule has 0 aliphatic carbocycles. The Balaban J connectivity index is 2.08. The van der Waals surface area contributed by atoms with Crippen LogP contribution in [0.3, 0.4) is 0 Å². The van der Waals surface area contributed by atoms with Gasteiger partial charge in [-0.05, 0) is 38.5 Å². The summed E-state index contributed by atoms with van der Waals surface area (Å²) in [5.74, 6) is -0.155. The molecule has 0 N–H and O–H groups in total. The van der Waals surface area contributed by atoms with E-state index in [1.165, 1.54) is 12.1 Å². The third-order valence-corrected chi connectivity index (χ3v) is 3.42. The normalized spacial score (nSPS) is 10.8. The van der Waals surface area contributed by atoms with Gasteiger partial charge in [0.1, 0.15) is 5.82 Å². The summed E-state index contributed by atoms with van der Waals surface area (Å²) in [6.45, 7) is 5.40. The lowest BCUT2D eigenvalue weighted by atomic mass is 10.1. The Morgan fingerprint density at radius 2 is 1.90 bits per heavy atom. The van der Waals surface area contributed by atoms with Crippen LogP contribution in [0.4, 0.5) is 4.39 Å². The first kappa shape index (κ1) is 14.4. The molecule has 1 aromatic heterocycles. The zero-order valence-electron chi connectivity index (χ0n) is 11.9. The summed E-state index contributed by atoms with van der Waals surface area (Å²) in [6.07, 6.45) is 1.03. The molecule has 3 nitrogen and oxygen atoms in total. The summed E-state index contributed by atoms with van der Waals surface area (Å²) < 4.78 is 13.2. The summed E-state index contributed by atoms with van der Waals surface area (Å²) in [6, 6.07) is 8.37. The monoisotopic (exact) mass is 274 g/mol. The molecule has 0 unspecified atom stereocenters. The number of benzene rings is 1. The number of hydrogen-bond acceptors (Lipinski definition) is 2. The highest BCUT2D eigenvalue weighted by molar-refractivity contribution is 5.79. The van der Waals surface area contributed by atoms with Crippen molar-refractivity contribution in [3.05, 3.63) is 41.8 Å². The molecule has 4 heteroatoms. The molecule has 0 aliphatic heterocycles. The Kier molecular flexibility index (Phi) is 4.66. The average molecular weight is 274 g/mol. The second-order valence-corrected chi connectivity index (χ2v) is 4.71. The summed E-state index contributed by atoms with van der Waals surface area (Å²) in [5.41, 5.74) is 1.46. The predicted molar refractivity (Wildman–Crippen MR) is 78.0 cm³/mol. The van der Waals surface area contributed by atoms with Gasteiger partial charge in [0, 0.05) is 36.7 Å². The highest BCUT2D eigenvalue weighted by Crippen LogP contribution is 2.15. The van der Waals surface area contributed by atoms with E-state index in [0.29, 0.717) is 18.4 Å². The molecule has 2 rings (SSSR count). The fourth-order valence-corrected chi connectivity index (χ4v) is 2.24. The summed E-state index contributed by atoms with van der Waals surface area (Å²) in [4.78, 5) is 18.1. The zero-order valence-corrected chi connectivity index (χ0v) is 11.9. The maximum Gasteiger partial charge on any atom is 0.222 e. The number of aromatic nitrogens is 1. The SMILES string of the molecule is CCN(CC)C(=O)CCc1ccc2ccc(F)cc2n1. The highest BCUT2D eigenvalue weighted by atomic mass is 19.1. The van der Waals surface area contributed by atoms with Gasteiger partial charge in [0.2, 0.25) is 5.91 Å². The molecule has 0 atom stereocenters. The van der Waals surface area contributed by atoms with Crippen molar-refractivity contribution >= 4 is 16.8 Å². The van der Waals surface area contributed by atoms with Crippen LogP contribution in [-0.2, 0) is 11.2 Å². The molecule has 2 aromatic rings. The maximum absolute atomic E-state index is 13.2. The average Bonchev–Trinajstić information content (AvgIpc) is 2.46. The number of hydrogen-bond donors (Lipinski definition) is 0. The van der Waals surface area contributed by atoms with Gasteiger partial charge in [-0.3, -0.25) is 9.78 Å².